The Bertz CT molecular complexity index is 858. The van der Waals surface area contributed by atoms with E-state index in [1.165, 1.54) is 19.1 Å². The molecule has 2 rings (SSSR count). The number of carboxylic acids is 1. The van der Waals surface area contributed by atoms with E-state index in [1.807, 2.05) is 32.0 Å². The Morgan fingerprint density at radius 1 is 1.07 bits per heavy atom. The minimum atomic E-state index is -4.81. The van der Waals surface area contributed by atoms with Crippen LogP contribution in [-0.4, -0.2) is 18.2 Å². The molecule has 0 bridgehead atoms. The number of hydrogen-bond donors (Lipinski definition) is 1. The largest absolute Gasteiger partial charge is 0.573 e. The quantitative estimate of drug-likeness (QED) is 0.762. The lowest BCUT2D eigenvalue weighted by Crippen LogP contribution is -2.40. The molecule has 0 saturated heterocycles. The van der Waals surface area contributed by atoms with Gasteiger partial charge in [-0.15, -0.1) is 13.2 Å². The van der Waals surface area contributed by atoms with Gasteiger partial charge < -0.3 is 20.0 Å². The van der Waals surface area contributed by atoms with Gasteiger partial charge in [0.25, 0.3) is 0 Å². The first-order valence-corrected chi connectivity index (χ1v) is 8.89. The number of benzene rings is 2. The van der Waals surface area contributed by atoms with Gasteiger partial charge in [0.1, 0.15) is 5.75 Å². The van der Waals surface area contributed by atoms with Crippen LogP contribution in [-0.2, 0) is 16.0 Å². The Morgan fingerprint density at radius 2 is 1.62 bits per heavy atom. The van der Waals surface area contributed by atoms with Crippen molar-refractivity contribution >= 4 is 17.6 Å². The average molecular weight is 408 g/mol. The first kappa shape index (κ1) is 22.3. The highest BCUT2D eigenvalue weighted by Crippen LogP contribution is 2.25. The van der Waals surface area contributed by atoms with Crippen LogP contribution in [0, 0.1) is 25.7 Å². The molecule has 0 saturated carbocycles. The Hall–Kier alpha value is -3.03. The number of nitrogens with one attached hydrogen (secondary N) is 1. The summed E-state index contributed by atoms with van der Waals surface area (Å²) in [6, 6.07) is 10.3. The van der Waals surface area contributed by atoms with Gasteiger partial charge in [0, 0.05) is 17.6 Å². The van der Waals surface area contributed by atoms with Gasteiger partial charge in [-0.25, -0.2) is 0 Å². The predicted molar refractivity (Wildman–Crippen MR) is 99.0 cm³/mol. The SMILES string of the molecule is Cc1cc(C)cc(C[C@@H](C(=O)Nc2ccc(OC(F)(F)F)cc2)[C@H](C)C(=O)[O-])c1. The molecule has 0 fully saturated rings. The van der Waals surface area contributed by atoms with Crippen molar-refractivity contribution in [3.05, 3.63) is 59.2 Å². The number of hydrogen-bond acceptors (Lipinski definition) is 4. The van der Waals surface area contributed by atoms with Crippen LogP contribution in [0.2, 0.25) is 0 Å². The molecule has 8 heteroatoms. The van der Waals surface area contributed by atoms with E-state index in [0.29, 0.717) is 0 Å². The Labute approximate surface area is 166 Å². The molecule has 0 radical (unpaired) electrons. The third-order valence-electron chi connectivity index (χ3n) is 4.40. The summed E-state index contributed by atoms with van der Waals surface area (Å²) in [5.41, 5.74) is 3.01. The molecule has 29 heavy (non-hydrogen) atoms. The molecule has 0 aliphatic rings. The lowest BCUT2D eigenvalue weighted by atomic mass is 9.86. The zero-order chi connectivity index (χ0) is 21.8. The zero-order valence-electron chi connectivity index (χ0n) is 16.2. The van der Waals surface area contributed by atoms with Gasteiger partial charge in [-0.1, -0.05) is 36.2 Å². The number of anilines is 1. The lowest BCUT2D eigenvalue weighted by Gasteiger charge is -2.24. The van der Waals surface area contributed by atoms with E-state index in [1.54, 1.807) is 0 Å². The van der Waals surface area contributed by atoms with Crippen molar-refractivity contribution in [3.63, 3.8) is 0 Å². The molecular formula is C21H21F3NO4-. The van der Waals surface area contributed by atoms with Crippen LogP contribution >= 0.6 is 0 Å². The fraction of sp³-hybridized carbons (Fsp3) is 0.333. The van der Waals surface area contributed by atoms with Gasteiger partial charge in [0.2, 0.25) is 5.91 Å². The number of ether oxygens (including phenoxy) is 1. The minimum absolute atomic E-state index is 0.179. The molecule has 1 N–H and O–H groups in total. The summed E-state index contributed by atoms with van der Waals surface area (Å²) in [7, 11) is 0. The molecular weight excluding hydrogens is 387 g/mol. The maximum Gasteiger partial charge on any atom is 0.573 e. The Morgan fingerprint density at radius 3 is 2.10 bits per heavy atom. The maximum absolute atomic E-state index is 12.7. The van der Waals surface area contributed by atoms with Gasteiger partial charge in [0.05, 0.1) is 5.92 Å². The number of aryl methyl sites for hydroxylation is 2. The summed E-state index contributed by atoms with van der Waals surface area (Å²) in [6.45, 7) is 5.19. The number of carboxylic acid groups (broad SMARTS) is 1. The van der Waals surface area contributed by atoms with E-state index in [2.05, 4.69) is 10.1 Å². The predicted octanol–water partition coefficient (Wildman–Crippen LogP) is 3.39. The van der Waals surface area contributed by atoms with E-state index in [0.717, 1.165) is 28.8 Å². The van der Waals surface area contributed by atoms with E-state index in [9.17, 15) is 27.9 Å². The third-order valence-corrected chi connectivity index (χ3v) is 4.40. The van der Waals surface area contributed by atoms with Crippen molar-refractivity contribution in [1.29, 1.82) is 0 Å². The maximum atomic E-state index is 12.7. The molecule has 5 nitrogen and oxygen atoms in total. The summed E-state index contributed by atoms with van der Waals surface area (Å²) in [5, 5.41) is 13.9. The second kappa shape index (κ2) is 8.98. The summed E-state index contributed by atoms with van der Waals surface area (Å²) >= 11 is 0. The highest BCUT2D eigenvalue weighted by Gasteiger charge is 2.31. The molecule has 0 heterocycles. The van der Waals surface area contributed by atoms with E-state index in [4.69, 9.17) is 0 Å². The van der Waals surface area contributed by atoms with Gasteiger partial charge in [-0.05, 0) is 50.1 Å². The number of amides is 1. The number of carbonyl (C=O) groups excluding carboxylic acids is 2. The minimum Gasteiger partial charge on any atom is -0.550 e. The van der Waals surface area contributed by atoms with Gasteiger partial charge >= 0.3 is 6.36 Å². The Kier molecular flexibility index (Phi) is 6.89. The molecule has 0 aliphatic heterocycles. The zero-order valence-corrected chi connectivity index (χ0v) is 16.2. The van der Waals surface area contributed by atoms with Crippen LogP contribution in [0.3, 0.4) is 0 Å². The van der Waals surface area contributed by atoms with Crippen molar-refractivity contribution < 1.29 is 32.6 Å². The highest BCUT2D eigenvalue weighted by molar-refractivity contribution is 5.95. The molecule has 2 aromatic rings. The van der Waals surface area contributed by atoms with Gasteiger partial charge in [0.15, 0.2) is 0 Å². The van der Waals surface area contributed by atoms with Crippen molar-refractivity contribution in [3.8, 4) is 5.75 Å². The highest BCUT2D eigenvalue weighted by atomic mass is 19.4. The van der Waals surface area contributed by atoms with Crippen LogP contribution in [0.1, 0.15) is 23.6 Å². The molecule has 0 unspecified atom stereocenters. The first-order valence-electron chi connectivity index (χ1n) is 8.89. The summed E-state index contributed by atoms with van der Waals surface area (Å²) < 4.78 is 40.5. The average Bonchev–Trinajstić information content (AvgIpc) is 2.58. The van der Waals surface area contributed by atoms with Crippen LogP contribution in [0.25, 0.3) is 0 Å². The number of carbonyl (C=O) groups is 2. The standard InChI is InChI=1S/C21H22F3NO4/c1-12-8-13(2)10-15(9-12)11-18(14(3)20(27)28)19(26)25-16-4-6-17(7-5-16)29-21(22,23)24/h4-10,14,18H,11H2,1-3H3,(H,25,26)(H,27,28)/p-1/t14-,18+/m0/s1. The summed E-state index contributed by atoms with van der Waals surface area (Å²) in [5.74, 6) is -4.34. The van der Waals surface area contributed by atoms with E-state index in [-0.39, 0.29) is 12.1 Å². The van der Waals surface area contributed by atoms with Crippen molar-refractivity contribution in [1.82, 2.24) is 0 Å². The van der Waals surface area contributed by atoms with Crippen LogP contribution < -0.4 is 15.2 Å². The smallest absolute Gasteiger partial charge is 0.550 e. The number of alkyl halides is 3. The molecule has 0 aliphatic carbocycles. The van der Waals surface area contributed by atoms with Gasteiger partial charge in [-0.2, -0.15) is 0 Å². The fourth-order valence-corrected chi connectivity index (χ4v) is 3.08. The normalized spacial score (nSPS) is 13.4. The van der Waals surface area contributed by atoms with E-state index < -0.39 is 35.8 Å². The summed E-state index contributed by atoms with van der Waals surface area (Å²) in [4.78, 5) is 24.1. The number of rotatable bonds is 7. The van der Waals surface area contributed by atoms with Crippen LogP contribution in [0.5, 0.6) is 5.75 Å². The molecule has 0 spiro atoms. The third kappa shape index (κ3) is 6.81. The molecule has 2 atom stereocenters. The van der Waals surface area contributed by atoms with Crippen molar-refractivity contribution in [2.24, 2.45) is 11.8 Å². The van der Waals surface area contributed by atoms with E-state index >= 15 is 0 Å². The fourth-order valence-electron chi connectivity index (χ4n) is 3.08. The van der Waals surface area contributed by atoms with Gasteiger partial charge in [-0.3, -0.25) is 4.79 Å². The van der Waals surface area contributed by atoms with Crippen molar-refractivity contribution in [2.45, 2.75) is 33.6 Å². The Balaban J connectivity index is 2.18. The molecule has 2 aromatic carbocycles. The van der Waals surface area contributed by atoms with Crippen LogP contribution in [0.4, 0.5) is 18.9 Å². The number of aliphatic carboxylic acids is 1. The molecule has 156 valence electrons. The summed E-state index contributed by atoms with van der Waals surface area (Å²) in [6.07, 6.45) is -4.63. The molecule has 1 amide bonds. The lowest BCUT2D eigenvalue weighted by molar-refractivity contribution is -0.312. The molecule has 0 aromatic heterocycles. The number of halogens is 3. The first-order chi connectivity index (χ1) is 13.4. The topological polar surface area (TPSA) is 78.5 Å². The van der Waals surface area contributed by atoms with Crippen LogP contribution in [0.15, 0.2) is 42.5 Å². The monoisotopic (exact) mass is 408 g/mol. The second-order valence-electron chi connectivity index (χ2n) is 6.98. The second-order valence-corrected chi connectivity index (χ2v) is 6.98. The van der Waals surface area contributed by atoms with Crippen molar-refractivity contribution in [2.75, 3.05) is 5.32 Å².